The van der Waals surface area contributed by atoms with Gasteiger partial charge in [0.2, 0.25) is 0 Å². The van der Waals surface area contributed by atoms with Crippen molar-refractivity contribution in [3.8, 4) is 5.75 Å². The lowest BCUT2D eigenvalue weighted by atomic mass is 10.0. The predicted octanol–water partition coefficient (Wildman–Crippen LogP) is 3.19. The molecule has 1 aromatic carbocycles. The predicted molar refractivity (Wildman–Crippen MR) is 69.2 cm³/mol. The van der Waals surface area contributed by atoms with Crippen molar-refractivity contribution in [2.75, 3.05) is 13.0 Å². The Balaban J connectivity index is 2.48. The first kappa shape index (κ1) is 13.3. The molecule has 0 aliphatic rings. The SMILES string of the molecule is COc1ccc(CNC(C)(C)CCCl)cc1. The van der Waals surface area contributed by atoms with Gasteiger partial charge in [-0.05, 0) is 38.0 Å². The number of rotatable bonds is 6. The van der Waals surface area contributed by atoms with Crippen molar-refractivity contribution in [3.05, 3.63) is 29.8 Å². The number of hydrogen-bond acceptors (Lipinski definition) is 2. The van der Waals surface area contributed by atoms with Crippen molar-refractivity contribution in [1.82, 2.24) is 5.32 Å². The maximum absolute atomic E-state index is 5.75. The summed E-state index contributed by atoms with van der Waals surface area (Å²) in [5, 5.41) is 3.49. The fourth-order valence-corrected chi connectivity index (χ4v) is 1.88. The number of nitrogens with one attached hydrogen (secondary N) is 1. The second-order valence-corrected chi connectivity index (χ2v) is 4.90. The Bertz CT molecular complexity index is 308. The number of benzene rings is 1. The van der Waals surface area contributed by atoms with Gasteiger partial charge >= 0.3 is 0 Å². The van der Waals surface area contributed by atoms with Crippen molar-refractivity contribution in [2.45, 2.75) is 32.4 Å². The number of alkyl halides is 1. The summed E-state index contributed by atoms with van der Waals surface area (Å²) in [4.78, 5) is 0. The number of hydrogen-bond donors (Lipinski definition) is 1. The van der Waals surface area contributed by atoms with Gasteiger partial charge in [0.1, 0.15) is 5.75 Å². The van der Waals surface area contributed by atoms with Gasteiger partial charge in [0.05, 0.1) is 7.11 Å². The van der Waals surface area contributed by atoms with Gasteiger partial charge < -0.3 is 10.1 Å². The molecule has 0 bridgehead atoms. The molecule has 0 saturated carbocycles. The van der Waals surface area contributed by atoms with Crippen LogP contribution in [0.2, 0.25) is 0 Å². The zero-order valence-electron chi connectivity index (χ0n) is 10.2. The fourth-order valence-electron chi connectivity index (χ4n) is 1.41. The molecule has 0 fully saturated rings. The first-order valence-corrected chi connectivity index (χ1v) is 6.05. The molecular weight excluding hydrogens is 222 g/mol. The van der Waals surface area contributed by atoms with E-state index in [9.17, 15) is 0 Å². The molecule has 2 nitrogen and oxygen atoms in total. The monoisotopic (exact) mass is 241 g/mol. The molecule has 0 atom stereocenters. The molecule has 0 heterocycles. The lowest BCUT2D eigenvalue weighted by Gasteiger charge is -2.25. The van der Waals surface area contributed by atoms with Gasteiger partial charge in [0.15, 0.2) is 0 Å². The van der Waals surface area contributed by atoms with Crippen LogP contribution in [0.3, 0.4) is 0 Å². The molecule has 0 amide bonds. The molecule has 90 valence electrons. The van der Waals surface area contributed by atoms with E-state index in [1.54, 1.807) is 7.11 Å². The molecule has 0 spiro atoms. The van der Waals surface area contributed by atoms with Crippen molar-refractivity contribution < 1.29 is 4.74 Å². The van der Waals surface area contributed by atoms with Crippen LogP contribution in [0.5, 0.6) is 5.75 Å². The molecule has 0 aliphatic carbocycles. The van der Waals surface area contributed by atoms with Crippen molar-refractivity contribution in [2.24, 2.45) is 0 Å². The molecule has 0 saturated heterocycles. The Kier molecular flexibility index (Phi) is 5.10. The molecule has 0 aliphatic heterocycles. The molecule has 1 aromatic rings. The highest BCUT2D eigenvalue weighted by atomic mass is 35.5. The first-order chi connectivity index (χ1) is 7.57. The van der Waals surface area contributed by atoms with E-state index in [2.05, 4.69) is 31.3 Å². The zero-order valence-corrected chi connectivity index (χ0v) is 11.0. The van der Waals surface area contributed by atoms with Crippen molar-refractivity contribution in [1.29, 1.82) is 0 Å². The molecule has 16 heavy (non-hydrogen) atoms. The van der Waals surface area contributed by atoms with E-state index < -0.39 is 0 Å². The lowest BCUT2D eigenvalue weighted by Crippen LogP contribution is -2.38. The first-order valence-electron chi connectivity index (χ1n) is 5.51. The molecule has 0 aromatic heterocycles. The van der Waals surface area contributed by atoms with Gasteiger partial charge in [-0.2, -0.15) is 0 Å². The highest BCUT2D eigenvalue weighted by Gasteiger charge is 2.15. The fraction of sp³-hybridized carbons (Fsp3) is 0.538. The number of ether oxygens (including phenoxy) is 1. The molecule has 0 unspecified atom stereocenters. The van der Waals surface area contributed by atoms with Crippen molar-refractivity contribution >= 4 is 11.6 Å². The minimum atomic E-state index is 0.0850. The van der Waals surface area contributed by atoms with Crippen LogP contribution in [-0.4, -0.2) is 18.5 Å². The third-order valence-corrected chi connectivity index (χ3v) is 2.84. The van der Waals surface area contributed by atoms with Crippen LogP contribution in [0.1, 0.15) is 25.8 Å². The molecule has 1 rings (SSSR count). The maximum Gasteiger partial charge on any atom is 0.118 e. The normalized spacial score (nSPS) is 11.5. The third kappa shape index (κ3) is 4.42. The highest BCUT2D eigenvalue weighted by Crippen LogP contribution is 2.14. The van der Waals surface area contributed by atoms with Crippen LogP contribution in [0.25, 0.3) is 0 Å². The van der Waals surface area contributed by atoms with Crippen LogP contribution in [0.4, 0.5) is 0 Å². The van der Waals surface area contributed by atoms with E-state index in [1.165, 1.54) is 5.56 Å². The highest BCUT2D eigenvalue weighted by molar-refractivity contribution is 6.17. The van der Waals surface area contributed by atoms with Crippen LogP contribution in [0, 0.1) is 0 Å². The smallest absolute Gasteiger partial charge is 0.118 e. The summed E-state index contributed by atoms with van der Waals surface area (Å²) in [6.45, 7) is 5.19. The Labute approximate surface area is 103 Å². The minimum Gasteiger partial charge on any atom is -0.497 e. The Hall–Kier alpha value is -0.730. The quantitative estimate of drug-likeness (QED) is 0.773. The molecule has 3 heteroatoms. The summed E-state index contributed by atoms with van der Waals surface area (Å²) in [6, 6.07) is 8.10. The van der Waals surface area contributed by atoms with Crippen LogP contribution in [-0.2, 0) is 6.54 Å². The maximum atomic E-state index is 5.75. The van der Waals surface area contributed by atoms with Crippen LogP contribution in [0.15, 0.2) is 24.3 Å². The van der Waals surface area contributed by atoms with Gasteiger partial charge in [-0.15, -0.1) is 11.6 Å². The molecule has 1 N–H and O–H groups in total. The van der Waals surface area contributed by atoms with Crippen LogP contribution < -0.4 is 10.1 Å². The summed E-state index contributed by atoms with van der Waals surface area (Å²) in [7, 11) is 1.68. The average Bonchev–Trinajstić information content (AvgIpc) is 2.27. The average molecular weight is 242 g/mol. The summed E-state index contributed by atoms with van der Waals surface area (Å²) < 4.78 is 5.12. The summed E-state index contributed by atoms with van der Waals surface area (Å²) in [5.74, 6) is 1.58. The van der Waals surface area contributed by atoms with Gasteiger partial charge in [0.25, 0.3) is 0 Å². The van der Waals surface area contributed by atoms with Crippen molar-refractivity contribution in [3.63, 3.8) is 0 Å². The van der Waals surface area contributed by atoms with E-state index in [4.69, 9.17) is 16.3 Å². The third-order valence-electron chi connectivity index (χ3n) is 2.65. The van der Waals surface area contributed by atoms with Gasteiger partial charge in [0, 0.05) is 18.0 Å². The standard InChI is InChI=1S/C13H20ClNO/c1-13(2,8-9-14)15-10-11-4-6-12(16-3)7-5-11/h4-7,15H,8-10H2,1-3H3. The number of methoxy groups -OCH3 is 1. The lowest BCUT2D eigenvalue weighted by molar-refractivity contribution is 0.376. The van der Waals surface area contributed by atoms with E-state index in [0.29, 0.717) is 5.88 Å². The van der Waals surface area contributed by atoms with Gasteiger partial charge in [-0.1, -0.05) is 12.1 Å². The second-order valence-electron chi connectivity index (χ2n) is 4.52. The number of halogens is 1. The summed E-state index contributed by atoms with van der Waals surface area (Å²) >= 11 is 5.75. The van der Waals surface area contributed by atoms with E-state index in [-0.39, 0.29) is 5.54 Å². The Morgan fingerprint density at radius 1 is 1.25 bits per heavy atom. The van der Waals surface area contributed by atoms with E-state index in [1.807, 2.05) is 12.1 Å². The largest absolute Gasteiger partial charge is 0.497 e. The molecule has 0 radical (unpaired) electrons. The topological polar surface area (TPSA) is 21.3 Å². The van der Waals surface area contributed by atoms with Gasteiger partial charge in [-0.3, -0.25) is 0 Å². The van der Waals surface area contributed by atoms with E-state index in [0.717, 1.165) is 18.7 Å². The van der Waals surface area contributed by atoms with E-state index >= 15 is 0 Å². The van der Waals surface area contributed by atoms with Crippen LogP contribution >= 0.6 is 11.6 Å². The van der Waals surface area contributed by atoms with Gasteiger partial charge in [-0.25, -0.2) is 0 Å². The Morgan fingerprint density at radius 2 is 1.88 bits per heavy atom. The summed E-state index contributed by atoms with van der Waals surface area (Å²) in [6.07, 6.45) is 0.963. The summed E-state index contributed by atoms with van der Waals surface area (Å²) in [5.41, 5.74) is 1.34. The Morgan fingerprint density at radius 3 is 2.38 bits per heavy atom. The second kappa shape index (κ2) is 6.12. The molecular formula is C13H20ClNO. The minimum absolute atomic E-state index is 0.0850. The zero-order chi connectivity index (χ0) is 12.0.